The van der Waals surface area contributed by atoms with Crippen molar-refractivity contribution in [3.8, 4) is 11.5 Å². The number of carbonyl (C=O) groups excluding carboxylic acids is 1. The Labute approximate surface area is 257 Å². The molecule has 5 rings (SSSR count). The second-order valence-corrected chi connectivity index (χ2v) is 11.9. The van der Waals surface area contributed by atoms with Gasteiger partial charge in [-0.3, -0.25) is 4.79 Å². The van der Waals surface area contributed by atoms with Crippen LogP contribution in [0.15, 0.2) is 77.1 Å². The summed E-state index contributed by atoms with van der Waals surface area (Å²) in [4.78, 5) is 18.8. The zero-order valence-electron chi connectivity index (χ0n) is 25.7. The topological polar surface area (TPSA) is 90.3 Å². The smallest absolute Gasteiger partial charge is 0.255 e. The lowest BCUT2D eigenvalue weighted by atomic mass is 9.94. The first-order valence-corrected chi connectivity index (χ1v) is 15.6. The number of fused-ring (bicyclic) bond motifs is 1. The van der Waals surface area contributed by atoms with Gasteiger partial charge in [-0.15, -0.1) is 5.10 Å². The number of nitrogens with zero attached hydrogens (tertiary/aromatic N) is 3. The van der Waals surface area contributed by atoms with E-state index in [0.29, 0.717) is 34.8 Å². The van der Waals surface area contributed by atoms with Crippen molar-refractivity contribution in [2.24, 2.45) is 0 Å². The molecule has 0 aliphatic carbocycles. The van der Waals surface area contributed by atoms with Crippen molar-refractivity contribution in [1.29, 1.82) is 0 Å². The molecule has 224 valence electrons. The lowest BCUT2D eigenvalue weighted by Gasteiger charge is -2.29. The number of aromatic nitrogens is 3. The van der Waals surface area contributed by atoms with Crippen LogP contribution in [0.4, 0.5) is 11.6 Å². The molecule has 8 nitrogen and oxygen atoms in total. The fourth-order valence-corrected chi connectivity index (χ4v) is 5.91. The van der Waals surface area contributed by atoms with E-state index in [2.05, 4.69) is 48.7 Å². The van der Waals surface area contributed by atoms with E-state index in [0.717, 1.165) is 52.2 Å². The second-order valence-electron chi connectivity index (χ2n) is 10.8. The van der Waals surface area contributed by atoms with Crippen LogP contribution in [-0.2, 0) is 11.4 Å². The van der Waals surface area contributed by atoms with E-state index in [4.69, 9.17) is 19.6 Å². The number of ether oxygens (including phenoxy) is 2. The van der Waals surface area contributed by atoms with Gasteiger partial charge in [0, 0.05) is 17.1 Å². The molecular formula is C34H39N5O3S. The van der Waals surface area contributed by atoms with Gasteiger partial charge in [0.05, 0.1) is 12.7 Å². The Kier molecular flexibility index (Phi) is 9.40. The van der Waals surface area contributed by atoms with Crippen LogP contribution < -0.4 is 20.1 Å². The average Bonchev–Trinajstić information content (AvgIpc) is 3.40. The number of hydrogen-bond donors (Lipinski definition) is 2. The van der Waals surface area contributed by atoms with Crippen molar-refractivity contribution in [2.45, 2.75) is 65.3 Å². The van der Waals surface area contributed by atoms with Crippen LogP contribution in [-0.4, -0.2) is 33.5 Å². The standard InChI is InChI=1S/C34H39N5O3S/c1-7-8-18-43-34-37-33-35-24(5)30(32(40)36-27-11-9-10-22(3)23(27)4)31(39(33)38-34)26-16-17-28(29(19-26)41-6)42-20-25-14-12-21(2)13-15-25/h9-17,19,31H,7-8,18,20H2,1-6H3,(H,36,40)(H,35,37,38). The summed E-state index contributed by atoms with van der Waals surface area (Å²) in [6, 6.07) is 19.4. The number of benzene rings is 3. The first-order valence-electron chi connectivity index (χ1n) is 14.6. The SMILES string of the molecule is CCCCSc1nc2n(n1)C(c1ccc(OCc3ccc(C)cc3)c(OC)c1)C(C(=O)Nc1cccc(C)c1C)=C(C)N2. The van der Waals surface area contributed by atoms with Gasteiger partial charge >= 0.3 is 0 Å². The largest absolute Gasteiger partial charge is 0.493 e. The minimum Gasteiger partial charge on any atom is -0.493 e. The maximum Gasteiger partial charge on any atom is 0.255 e. The second kappa shape index (κ2) is 13.4. The number of carbonyl (C=O) groups is 1. The van der Waals surface area contributed by atoms with Gasteiger partial charge in [0.15, 0.2) is 11.5 Å². The number of allylic oxidation sites excluding steroid dienone is 1. The molecule has 0 saturated heterocycles. The summed E-state index contributed by atoms with van der Waals surface area (Å²) >= 11 is 1.62. The van der Waals surface area contributed by atoms with Crippen molar-refractivity contribution in [1.82, 2.24) is 14.8 Å². The molecule has 43 heavy (non-hydrogen) atoms. The van der Waals surface area contributed by atoms with Crippen molar-refractivity contribution < 1.29 is 14.3 Å². The zero-order chi connectivity index (χ0) is 30.5. The van der Waals surface area contributed by atoms with E-state index < -0.39 is 6.04 Å². The van der Waals surface area contributed by atoms with Gasteiger partial charge < -0.3 is 20.1 Å². The first kappa shape index (κ1) is 30.2. The van der Waals surface area contributed by atoms with Gasteiger partial charge in [-0.05, 0) is 74.6 Å². The molecule has 0 spiro atoms. The number of aryl methyl sites for hydroxylation is 2. The van der Waals surface area contributed by atoms with Gasteiger partial charge in [0.25, 0.3) is 5.91 Å². The van der Waals surface area contributed by atoms with Crippen molar-refractivity contribution in [3.63, 3.8) is 0 Å². The molecule has 1 aliphatic rings. The predicted molar refractivity (Wildman–Crippen MR) is 173 cm³/mol. The van der Waals surface area contributed by atoms with E-state index in [9.17, 15) is 4.79 Å². The van der Waals surface area contributed by atoms with Gasteiger partial charge in [0.2, 0.25) is 11.1 Å². The molecule has 3 aromatic carbocycles. The number of thioether (sulfide) groups is 1. The van der Waals surface area contributed by atoms with Crippen LogP contribution in [0.3, 0.4) is 0 Å². The summed E-state index contributed by atoms with van der Waals surface area (Å²) < 4.78 is 13.7. The number of hydrogen-bond acceptors (Lipinski definition) is 7. The van der Waals surface area contributed by atoms with Crippen LogP contribution >= 0.6 is 11.8 Å². The number of anilines is 2. The van der Waals surface area contributed by atoms with Crippen LogP contribution in [0.5, 0.6) is 11.5 Å². The Hall–Kier alpha value is -4.24. The highest BCUT2D eigenvalue weighted by Gasteiger charge is 2.35. The fourth-order valence-electron chi connectivity index (χ4n) is 5.00. The number of nitrogens with one attached hydrogen (secondary N) is 2. The van der Waals surface area contributed by atoms with E-state index in [1.165, 1.54) is 5.56 Å². The summed E-state index contributed by atoms with van der Waals surface area (Å²) in [5.41, 5.74) is 7.30. The summed E-state index contributed by atoms with van der Waals surface area (Å²) in [6.07, 6.45) is 2.18. The quantitative estimate of drug-likeness (QED) is 0.136. The summed E-state index contributed by atoms with van der Waals surface area (Å²) in [5.74, 6) is 2.52. The average molecular weight is 598 g/mol. The molecule has 1 aromatic heterocycles. The third-order valence-electron chi connectivity index (χ3n) is 7.68. The van der Waals surface area contributed by atoms with Crippen molar-refractivity contribution in [2.75, 3.05) is 23.5 Å². The predicted octanol–water partition coefficient (Wildman–Crippen LogP) is 7.61. The Bertz CT molecular complexity index is 1640. The molecule has 1 unspecified atom stereocenters. The molecular weight excluding hydrogens is 558 g/mol. The Morgan fingerprint density at radius 2 is 1.84 bits per heavy atom. The molecule has 9 heteroatoms. The molecule has 1 atom stereocenters. The Morgan fingerprint density at radius 3 is 2.58 bits per heavy atom. The molecule has 0 bridgehead atoms. The zero-order valence-corrected chi connectivity index (χ0v) is 26.5. The highest BCUT2D eigenvalue weighted by Crippen LogP contribution is 2.40. The van der Waals surface area contributed by atoms with Crippen LogP contribution in [0.2, 0.25) is 0 Å². The van der Waals surface area contributed by atoms with E-state index in [1.54, 1.807) is 23.6 Å². The molecule has 0 fully saturated rings. The highest BCUT2D eigenvalue weighted by atomic mass is 32.2. The summed E-state index contributed by atoms with van der Waals surface area (Å²) in [6.45, 7) is 10.6. The first-order chi connectivity index (χ1) is 20.8. The number of rotatable bonds is 11. The summed E-state index contributed by atoms with van der Waals surface area (Å²) in [5, 5.41) is 12.0. The monoisotopic (exact) mass is 597 g/mol. The third-order valence-corrected chi connectivity index (χ3v) is 8.60. The van der Waals surface area contributed by atoms with Crippen molar-refractivity contribution in [3.05, 3.63) is 99.8 Å². The molecule has 1 aliphatic heterocycles. The van der Waals surface area contributed by atoms with Gasteiger partial charge in [-0.2, -0.15) is 4.98 Å². The number of amides is 1. The van der Waals surface area contributed by atoms with Crippen molar-refractivity contribution >= 4 is 29.3 Å². The van der Waals surface area contributed by atoms with E-state index in [-0.39, 0.29) is 5.91 Å². The van der Waals surface area contributed by atoms with E-state index >= 15 is 0 Å². The van der Waals surface area contributed by atoms with Crippen LogP contribution in [0.1, 0.15) is 60.5 Å². The number of methoxy groups -OCH3 is 1. The molecule has 4 aromatic rings. The molecule has 2 heterocycles. The fraction of sp³-hybridized carbons (Fsp3) is 0.324. The van der Waals surface area contributed by atoms with Crippen LogP contribution in [0.25, 0.3) is 0 Å². The lowest BCUT2D eigenvalue weighted by molar-refractivity contribution is -0.113. The Morgan fingerprint density at radius 1 is 1.05 bits per heavy atom. The highest BCUT2D eigenvalue weighted by molar-refractivity contribution is 7.99. The number of unbranched alkanes of at least 4 members (excludes halogenated alkanes) is 1. The third kappa shape index (κ3) is 6.72. The van der Waals surface area contributed by atoms with Gasteiger partial charge in [0.1, 0.15) is 12.6 Å². The molecule has 1 amide bonds. The normalized spacial score (nSPS) is 14.2. The minimum atomic E-state index is -0.533. The van der Waals surface area contributed by atoms with Gasteiger partial charge in [-0.1, -0.05) is 73.1 Å². The van der Waals surface area contributed by atoms with Gasteiger partial charge in [-0.25, -0.2) is 4.68 Å². The lowest BCUT2D eigenvalue weighted by Crippen LogP contribution is -2.31. The summed E-state index contributed by atoms with van der Waals surface area (Å²) in [7, 11) is 1.62. The molecule has 0 saturated carbocycles. The maximum atomic E-state index is 14.0. The van der Waals surface area contributed by atoms with Crippen LogP contribution in [0, 0.1) is 20.8 Å². The maximum absolute atomic E-state index is 14.0. The van der Waals surface area contributed by atoms with E-state index in [1.807, 2.05) is 57.2 Å². The molecule has 0 radical (unpaired) electrons. The Balaban J connectivity index is 1.51. The minimum absolute atomic E-state index is 0.205. The molecule has 2 N–H and O–H groups in total.